The Morgan fingerprint density at radius 2 is 0.875 bits per heavy atom. The van der Waals surface area contributed by atoms with E-state index in [1.807, 2.05) is 0 Å². The Kier molecular flexibility index (Phi) is 5.19. The minimum Gasteiger partial charge on any atom is -0.293 e. The van der Waals surface area contributed by atoms with Crippen molar-refractivity contribution < 1.29 is 0 Å². The Balaban J connectivity index is 1.19. The second-order valence-corrected chi connectivity index (χ2v) is 15.6. The molecule has 0 bridgehead atoms. The average molecular weight is 630 g/mol. The second-order valence-electron chi connectivity index (χ2n) is 12.6. The van der Waals surface area contributed by atoms with Gasteiger partial charge >= 0.3 is 0 Å². The monoisotopic (exact) mass is 629 g/mol. The number of hydrogen-bond donors (Lipinski definition) is 0. The first kappa shape index (κ1) is 26.1. The van der Waals surface area contributed by atoms with Gasteiger partial charge in [-0.2, -0.15) is 0 Å². The molecule has 48 heavy (non-hydrogen) atoms. The third kappa shape index (κ3) is 3.25. The van der Waals surface area contributed by atoms with Gasteiger partial charge in [0.05, 0.1) is 16.6 Å². The fourth-order valence-electron chi connectivity index (χ4n) is 8.24. The third-order valence-electron chi connectivity index (χ3n) is 10.2. The van der Waals surface area contributed by atoms with Crippen LogP contribution in [0, 0.1) is 0 Å². The highest BCUT2D eigenvalue weighted by Gasteiger charge is 2.47. The fraction of sp³-hybridized carbons (Fsp3) is 0. The summed E-state index contributed by atoms with van der Waals surface area (Å²) in [6, 6.07) is 59.7. The molecule has 2 aliphatic heterocycles. The lowest BCUT2D eigenvalue weighted by molar-refractivity contribution is 1.07. The molecule has 0 radical (unpaired) electrons. The van der Waals surface area contributed by atoms with Crippen molar-refractivity contribution in [1.82, 2.24) is 14.5 Å². The number of rotatable bonds is 2. The molecule has 1 spiro atoms. The predicted octanol–water partition coefficient (Wildman–Crippen LogP) is 11.7. The molecule has 0 aliphatic carbocycles. The summed E-state index contributed by atoms with van der Waals surface area (Å²) in [6.07, 6.45) is 0. The summed E-state index contributed by atoms with van der Waals surface area (Å²) >= 11 is 0. The van der Waals surface area contributed by atoms with Gasteiger partial charge in [0.15, 0.2) is 5.82 Å². The normalized spacial score (nSPS) is 14.2. The van der Waals surface area contributed by atoms with Crippen molar-refractivity contribution in [2.75, 3.05) is 0 Å². The van der Waals surface area contributed by atoms with Gasteiger partial charge in [-0.1, -0.05) is 109 Å². The van der Waals surface area contributed by atoms with Gasteiger partial charge in [-0.3, -0.25) is 4.57 Å². The molecule has 7 aromatic carbocycles. The van der Waals surface area contributed by atoms with E-state index in [0.29, 0.717) is 0 Å². The maximum Gasteiger partial charge on any atom is 0.162 e. The molecule has 2 aromatic heterocycles. The Morgan fingerprint density at radius 3 is 1.50 bits per heavy atom. The number of fused-ring (bicyclic) bond motifs is 14. The molecular weight excluding hydrogens is 603 g/mol. The molecule has 0 amide bonds. The molecule has 4 heteroatoms. The summed E-state index contributed by atoms with van der Waals surface area (Å²) in [4.78, 5) is 16.3. The van der Waals surface area contributed by atoms with Gasteiger partial charge in [-0.15, -0.1) is 10.0 Å². The molecule has 0 saturated heterocycles. The van der Waals surface area contributed by atoms with Crippen LogP contribution in [0.5, 0.6) is 0 Å². The van der Waals surface area contributed by atoms with Crippen LogP contribution in [0.1, 0.15) is 0 Å². The van der Waals surface area contributed by atoms with Crippen LogP contribution >= 0.6 is 10.0 Å². The molecule has 4 heterocycles. The van der Waals surface area contributed by atoms with Gasteiger partial charge in [0, 0.05) is 41.3 Å². The molecular formula is C44H27N3S. The van der Waals surface area contributed by atoms with Crippen LogP contribution < -0.4 is 0 Å². The van der Waals surface area contributed by atoms with Crippen LogP contribution in [-0.4, -0.2) is 14.5 Å². The zero-order chi connectivity index (χ0) is 31.4. The van der Waals surface area contributed by atoms with Gasteiger partial charge in [0.2, 0.25) is 0 Å². The maximum atomic E-state index is 5.41. The van der Waals surface area contributed by atoms with Crippen molar-refractivity contribution >= 4 is 42.7 Å². The highest BCUT2D eigenvalue weighted by Crippen LogP contribution is 2.84. The van der Waals surface area contributed by atoms with Gasteiger partial charge in [0.25, 0.3) is 0 Å². The molecule has 224 valence electrons. The van der Waals surface area contributed by atoms with Crippen molar-refractivity contribution in [2.24, 2.45) is 0 Å². The SMILES string of the molecule is c1ccc2c(c1)-c1ccccc1S21c2ccccc2-c2cc(-c3nc(-n4c5ccccc5c5ccccc54)c4ccccc4n3)ccc21. The summed E-state index contributed by atoms with van der Waals surface area (Å²) < 4.78 is 2.31. The van der Waals surface area contributed by atoms with Crippen molar-refractivity contribution in [2.45, 2.75) is 19.6 Å². The van der Waals surface area contributed by atoms with E-state index in [1.165, 1.54) is 52.6 Å². The van der Waals surface area contributed by atoms with E-state index in [2.05, 4.69) is 168 Å². The number of nitrogens with zero attached hydrogens (tertiary/aromatic N) is 3. The zero-order valence-electron chi connectivity index (χ0n) is 25.8. The maximum absolute atomic E-state index is 5.41. The standard InChI is InChI=1S/C44H27N3S/c1-7-19-36-34(18-1)44(47-37-20-8-2-13-29(37)30-14-3-9-21-38(30)47)46-43(45-36)28-25-26-42-35(27-28)33-17-6-12-24-41(33)48(42)39-22-10-4-15-31(39)32-16-5-11-23-40(32)48/h1-27H. The smallest absolute Gasteiger partial charge is 0.162 e. The van der Waals surface area contributed by atoms with Crippen LogP contribution in [0.4, 0.5) is 0 Å². The number of para-hydroxylation sites is 3. The first-order valence-corrected chi connectivity index (χ1v) is 18.0. The molecule has 0 atom stereocenters. The lowest BCUT2D eigenvalue weighted by Gasteiger charge is -2.36. The average Bonchev–Trinajstić information content (AvgIpc) is 3.76. The van der Waals surface area contributed by atoms with Gasteiger partial charge in [0.1, 0.15) is 5.82 Å². The number of aromatic nitrogens is 3. The second kappa shape index (κ2) is 9.54. The van der Waals surface area contributed by atoms with Gasteiger partial charge in [-0.05, 0) is 76.9 Å². The fourth-order valence-corrected chi connectivity index (χ4v) is 12.8. The van der Waals surface area contributed by atoms with Crippen LogP contribution in [0.3, 0.4) is 0 Å². The first-order chi connectivity index (χ1) is 23.8. The Morgan fingerprint density at radius 1 is 0.396 bits per heavy atom. The largest absolute Gasteiger partial charge is 0.293 e. The van der Waals surface area contributed by atoms with Crippen molar-refractivity contribution in [1.29, 1.82) is 0 Å². The van der Waals surface area contributed by atoms with Gasteiger partial charge < -0.3 is 0 Å². The number of benzene rings is 7. The summed E-state index contributed by atoms with van der Waals surface area (Å²) in [7, 11) is -1.63. The highest BCUT2D eigenvalue weighted by molar-refractivity contribution is 8.34. The summed E-state index contributed by atoms with van der Waals surface area (Å²) in [5.74, 6) is 1.63. The van der Waals surface area contributed by atoms with Crippen LogP contribution in [0.25, 0.3) is 72.2 Å². The molecule has 2 aliphatic rings. The lowest BCUT2D eigenvalue weighted by Crippen LogP contribution is -2.03. The summed E-state index contributed by atoms with van der Waals surface area (Å²) in [5, 5.41) is 3.47. The lowest BCUT2D eigenvalue weighted by atomic mass is 10.0. The summed E-state index contributed by atoms with van der Waals surface area (Å²) in [6.45, 7) is 0. The minimum atomic E-state index is -1.63. The predicted molar refractivity (Wildman–Crippen MR) is 197 cm³/mol. The van der Waals surface area contributed by atoms with Crippen molar-refractivity contribution in [3.8, 4) is 39.5 Å². The topological polar surface area (TPSA) is 30.7 Å². The van der Waals surface area contributed by atoms with E-state index in [9.17, 15) is 0 Å². The molecule has 0 unspecified atom stereocenters. The highest BCUT2D eigenvalue weighted by atomic mass is 32.3. The van der Waals surface area contributed by atoms with Crippen LogP contribution in [0.15, 0.2) is 183 Å². The molecule has 11 rings (SSSR count). The van der Waals surface area contributed by atoms with E-state index in [-0.39, 0.29) is 0 Å². The first-order valence-electron chi connectivity index (χ1n) is 16.3. The Hall–Kier alpha value is -5.97. The Bertz CT molecular complexity index is 2710. The molecule has 0 saturated carbocycles. The van der Waals surface area contributed by atoms with E-state index in [1.54, 1.807) is 0 Å². The molecule has 0 fully saturated rings. The van der Waals surface area contributed by atoms with Crippen LogP contribution in [0.2, 0.25) is 0 Å². The molecule has 3 nitrogen and oxygen atoms in total. The van der Waals surface area contributed by atoms with Gasteiger partial charge in [-0.25, -0.2) is 9.97 Å². The van der Waals surface area contributed by atoms with E-state index >= 15 is 0 Å². The minimum absolute atomic E-state index is 0.731. The van der Waals surface area contributed by atoms with E-state index < -0.39 is 10.0 Å². The zero-order valence-corrected chi connectivity index (χ0v) is 26.7. The van der Waals surface area contributed by atoms with Crippen LogP contribution in [-0.2, 0) is 0 Å². The Labute approximate surface area is 279 Å². The third-order valence-corrected chi connectivity index (χ3v) is 14.2. The molecule has 0 N–H and O–H groups in total. The van der Waals surface area contributed by atoms with Crippen molar-refractivity contribution in [3.05, 3.63) is 164 Å². The number of hydrogen-bond acceptors (Lipinski definition) is 2. The van der Waals surface area contributed by atoms with E-state index in [4.69, 9.17) is 9.97 Å². The molecule has 9 aromatic rings. The summed E-state index contributed by atoms with van der Waals surface area (Å²) in [5.41, 5.74) is 9.51. The quantitative estimate of drug-likeness (QED) is 0.190. The van der Waals surface area contributed by atoms with Crippen molar-refractivity contribution in [3.63, 3.8) is 0 Å². The van der Waals surface area contributed by atoms with E-state index in [0.717, 1.165) is 39.1 Å².